The Labute approximate surface area is 184 Å². The van der Waals surface area contributed by atoms with Crippen molar-refractivity contribution in [2.45, 2.75) is 31.4 Å². The number of ether oxygens (including phenoxy) is 1. The van der Waals surface area contributed by atoms with Crippen LogP contribution >= 0.6 is 23.7 Å². The van der Waals surface area contributed by atoms with Gasteiger partial charge in [0.1, 0.15) is 5.82 Å². The van der Waals surface area contributed by atoms with Gasteiger partial charge in [0.15, 0.2) is 5.82 Å². The molecule has 1 spiro atoms. The molecule has 2 aliphatic rings. The van der Waals surface area contributed by atoms with Crippen molar-refractivity contribution in [2.24, 2.45) is 0 Å². The zero-order valence-electron chi connectivity index (χ0n) is 16.3. The molecule has 10 heteroatoms. The van der Waals surface area contributed by atoms with E-state index in [4.69, 9.17) is 4.74 Å². The molecule has 3 N–H and O–H groups in total. The quantitative estimate of drug-likeness (QED) is 0.568. The fraction of sp³-hybridized carbons (Fsp3) is 0.400. The van der Waals surface area contributed by atoms with E-state index in [0.717, 1.165) is 49.4 Å². The molecular formula is C20H23ClN6O2S. The highest BCUT2D eigenvalue weighted by Gasteiger charge is 2.40. The number of amides is 1. The smallest absolute Gasteiger partial charge is 0.261 e. The van der Waals surface area contributed by atoms with Crippen LogP contribution in [0.4, 0.5) is 0 Å². The normalized spacial score (nSPS) is 17.2. The molecule has 5 heterocycles. The van der Waals surface area contributed by atoms with Crippen LogP contribution < -0.4 is 10.6 Å². The molecule has 8 nitrogen and oxygen atoms in total. The van der Waals surface area contributed by atoms with Crippen molar-refractivity contribution in [2.75, 3.05) is 19.7 Å². The van der Waals surface area contributed by atoms with Crippen LogP contribution in [0, 0.1) is 0 Å². The topological polar surface area (TPSA) is 105 Å². The van der Waals surface area contributed by atoms with Crippen LogP contribution in [0.15, 0.2) is 30.6 Å². The van der Waals surface area contributed by atoms with Gasteiger partial charge in [-0.1, -0.05) is 0 Å². The summed E-state index contributed by atoms with van der Waals surface area (Å²) in [4.78, 5) is 23.2. The minimum absolute atomic E-state index is 0. The maximum Gasteiger partial charge on any atom is 0.261 e. The summed E-state index contributed by atoms with van der Waals surface area (Å²) in [7, 11) is 0. The van der Waals surface area contributed by atoms with E-state index >= 15 is 0 Å². The molecule has 1 amide bonds. The number of thiophene rings is 1. The molecule has 0 unspecified atom stereocenters. The highest BCUT2D eigenvalue weighted by Crippen LogP contribution is 2.43. The second-order valence-electron chi connectivity index (χ2n) is 7.31. The summed E-state index contributed by atoms with van der Waals surface area (Å²) < 4.78 is 6.21. The number of carbonyl (C=O) groups excluding carboxylic acids is 1. The van der Waals surface area contributed by atoms with E-state index in [1.165, 1.54) is 10.4 Å². The molecule has 0 bridgehead atoms. The van der Waals surface area contributed by atoms with Gasteiger partial charge >= 0.3 is 0 Å². The molecule has 158 valence electrons. The van der Waals surface area contributed by atoms with Gasteiger partial charge in [-0.3, -0.25) is 14.9 Å². The van der Waals surface area contributed by atoms with Crippen LogP contribution in [0.1, 0.15) is 38.8 Å². The van der Waals surface area contributed by atoms with Gasteiger partial charge < -0.3 is 15.4 Å². The van der Waals surface area contributed by atoms with E-state index < -0.39 is 0 Å². The number of aromatic amines is 1. The molecule has 1 saturated heterocycles. The molecule has 0 radical (unpaired) electrons. The molecule has 3 aromatic rings. The highest BCUT2D eigenvalue weighted by molar-refractivity contribution is 7.14. The van der Waals surface area contributed by atoms with Crippen LogP contribution in [0.2, 0.25) is 0 Å². The summed E-state index contributed by atoms with van der Waals surface area (Å²) in [6.07, 6.45) is 6.18. The first-order valence-corrected chi connectivity index (χ1v) is 10.6. The third kappa shape index (κ3) is 3.98. The maximum absolute atomic E-state index is 12.8. The van der Waals surface area contributed by atoms with E-state index in [9.17, 15) is 4.79 Å². The Morgan fingerprint density at radius 2 is 2.07 bits per heavy atom. The van der Waals surface area contributed by atoms with Gasteiger partial charge in [0, 0.05) is 29.3 Å². The van der Waals surface area contributed by atoms with E-state index in [1.807, 2.05) is 18.2 Å². The Hall–Kier alpha value is -2.33. The standard InChI is InChI=1S/C20H22N6O2S.ClH/c27-19(23-12-17-24-18(26-25-17)13-1-6-21-7-2-13)16-11-14-15(29-16)3-10-28-20(14)4-8-22-9-5-20;/h1-2,6-7,11,22H,3-5,8-10,12H2,(H,23,27)(H,24,25,26);1H. The average Bonchev–Trinajstić information content (AvgIpc) is 3.42. The van der Waals surface area contributed by atoms with Crippen molar-refractivity contribution >= 4 is 29.7 Å². The van der Waals surface area contributed by atoms with Crippen LogP contribution in [-0.4, -0.2) is 45.8 Å². The van der Waals surface area contributed by atoms with Crippen molar-refractivity contribution in [3.8, 4) is 11.4 Å². The van der Waals surface area contributed by atoms with Crippen LogP contribution in [0.25, 0.3) is 11.4 Å². The Kier molecular flexibility index (Phi) is 6.14. The molecule has 1 fully saturated rings. The van der Waals surface area contributed by atoms with Gasteiger partial charge in [0.25, 0.3) is 5.91 Å². The number of rotatable bonds is 4. The summed E-state index contributed by atoms with van der Waals surface area (Å²) in [5, 5.41) is 13.4. The van der Waals surface area contributed by atoms with Gasteiger partial charge in [-0.2, -0.15) is 5.10 Å². The molecule has 5 rings (SSSR count). The number of aromatic nitrogens is 4. The average molecular weight is 447 g/mol. The minimum Gasteiger partial charge on any atom is -0.370 e. The van der Waals surface area contributed by atoms with E-state index in [0.29, 0.717) is 18.2 Å². The largest absolute Gasteiger partial charge is 0.370 e. The summed E-state index contributed by atoms with van der Waals surface area (Å²) in [5.41, 5.74) is 1.87. The second kappa shape index (κ2) is 8.81. The third-order valence-electron chi connectivity index (χ3n) is 5.53. The van der Waals surface area contributed by atoms with Gasteiger partial charge in [-0.15, -0.1) is 23.7 Å². The summed E-state index contributed by atoms with van der Waals surface area (Å²) in [6.45, 7) is 2.92. The number of fused-ring (bicyclic) bond motifs is 2. The van der Waals surface area contributed by atoms with Crippen molar-refractivity contribution in [3.05, 3.63) is 51.7 Å². The van der Waals surface area contributed by atoms with E-state index in [-0.39, 0.29) is 23.9 Å². The Bertz CT molecular complexity index is 1020. The fourth-order valence-corrected chi connectivity index (χ4v) is 5.18. The monoisotopic (exact) mass is 446 g/mol. The lowest BCUT2D eigenvalue weighted by molar-refractivity contribution is -0.0792. The predicted molar refractivity (Wildman–Crippen MR) is 116 cm³/mol. The Morgan fingerprint density at radius 1 is 1.27 bits per heavy atom. The molecule has 2 aliphatic heterocycles. The molecule has 30 heavy (non-hydrogen) atoms. The first kappa shape index (κ1) is 20.9. The van der Waals surface area contributed by atoms with Crippen molar-refractivity contribution in [1.82, 2.24) is 30.8 Å². The molecular weight excluding hydrogens is 424 g/mol. The van der Waals surface area contributed by atoms with E-state index in [1.54, 1.807) is 23.7 Å². The number of pyridine rings is 1. The highest BCUT2D eigenvalue weighted by atomic mass is 35.5. The Balaban J connectivity index is 0.00000218. The molecule has 0 aliphatic carbocycles. The lowest BCUT2D eigenvalue weighted by Gasteiger charge is -2.40. The first-order valence-electron chi connectivity index (χ1n) is 9.81. The zero-order chi connectivity index (χ0) is 19.7. The predicted octanol–water partition coefficient (Wildman–Crippen LogP) is 2.43. The van der Waals surface area contributed by atoms with Crippen molar-refractivity contribution < 1.29 is 9.53 Å². The van der Waals surface area contributed by atoms with Crippen molar-refractivity contribution in [3.63, 3.8) is 0 Å². The van der Waals surface area contributed by atoms with Gasteiger partial charge in [-0.05, 0) is 49.7 Å². The lowest BCUT2D eigenvalue weighted by Crippen LogP contribution is -2.44. The van der Waals surface area contributed by atoms with Gasteiger partial charge in [0.2, 0.25) is 0 Å². The summed E-state index contributed by atoms with van der Waals surface area (Å²) in [6, 6.07) is 5.73. The number of halogens is 1. The zero-order valence-corrected chi connectivity index (χ0v) is 17.9. The fourth-order valence-electron chi connectivity index (χ4n) is 4.03. The molecule has 3 aromatic heterocycles. The number of nitrogens with zero attached hydrogens (tertiary/aromatic N) is 3. The number of hydrogen-bond donors (Lipinski definition) is 3. The van der Waals surface area contributed by atoms with E-state index in [2.05, 4.69) is 30.8 Å². The first-order chi connectivity index (χ1) is 14.2. The maximum atomic E-state index is 12.8. The SMILES string of the molecule is Cl.O=C(NCc1nc(-c2ccncc2)n[nH]1)c1cc2c(s1)CCOC21CCNCC1. The summed E-state index contributed by atoms with van der Waals surface area (Å²) in [5.74, 6) is 1.12. The molecule has 0 aromatic carbocycles. The second-order valence-corrected chi connectivity index (χ2v) is 8.45. The third-order valence-corrected chi connectivity index (χ3v) is 6.72. The number of nitrogens with one attached hydrogen (secondary N) is 3. The van der Waals surface area contributed by atoms with Crippen LogP contribution in [-0.2, 0) is 23.3 Å². The number of carbonyl (C=O) groups is 1. The van der Waals surface area contributed by atoms with Gasteiger partial charge in [0.05, 0.1) is 23.6 Å². The van der Waals surface area contributed by atoms with Crippen LogP contribution in [0.5, 0.6) is 0 Å². The number of piperidine rings is 1. The molecule has 0 saturated carbocycles. The lowest BCUT2D eigenvalue weighted by atomic mass is 9.83. The van der Waals surface area contributed by atoms with Gasteiger partial charge in [-0.25, -0.2) is 4.98 Å². The number of H-pyrrole nitrogens is 1. The summed E-state index contributed by atoms with van der Waals surface area (Å²) >= 11 is 1.58. The van der Waals surface area contributed by atoms with Crippen LogP contribution in [0.3, 0.4) is 0 Å². The molecule has 0 atom stereocenters. The Morgan fingerprint density at radius 3 is 2.87 bits per heavy atom. The minimum atomic E-state index is -0.224. The number of hydrogen-bond acceptors (Lipinski definition) is 7. The van der Waals surface area contributed by atoms with Crippen molar-refractivity contribution in [1.29, 1.82) is 0 Å².